The number of allylic oxidation sites excluding steroid dienone is 1. The molecule has 0 unspecified atom stereocenters. The van der Waals surface area contributed by atoms with Crippen molar-refractivity contribution in [2.75, 3.05) is 0 Å². The molecule has 0 saturated heterocycles. The Labute approximate surface area is 139 Å². The van der Waals surface area contributed by atoms with Gasteiger partial charge in [0.1, 0.15) is 22.8 Å². The van der Waals surface area contributed by atoms with Crippen molar-refractivity contribution in [2.24, 2.45) is 0 Å². The molecule has 2 aromatic carbocycles. The number of benzene rings is 2. The number of Topliss-reactive ketones (excluding diaryl/α,β-unsaturated/α-hetero) is 1. The zero-order valence-corrected chi connectivity index (χ0v) is 13.2. The van der Waals surface area contributed by atoms with Gasteiger partial charge in [-0.25, -0.2) is 0 Å². The summed E-state index contributed by atoms with van der Waals surface area (Å²) in [6.07, 6.45) is 1.61. The Kier molecular flexibility index (Phi) is 2.96. The molecule has 4 rings (SSSR count). The Bertz CT molecular complexity index is 1000. The highest BCUT2D eigenvalue weighted by Gasteiger charge is 2.31. The lowest BCUT2D eigenvalue weighted by molar-refractivity contribution is 0.101. The Balaban J connectivity index is 1.86. The van der Waals surface area contributed by atoms with Crippen LogP contribution in [0.25, 0.3) is 17.0 Å². The van der Waals surface area contributed by atoms with E-state index in [0.29, 0.717) is 0 Å². The second kappa shape index (κ2) is 4.89. The van der Waals surface area contributed by atoms with E-state index in [1.54, 1.807) is 6.08 Å². The molecule has 3 N–H and O–H groups in total. The summed E-state index contributed by atoms with van der Waals surface area (Å²) in [5.74, 6) is -0.647. The Morgan fingerprint density at radius 1 is 1.17 bits per heavy atom. The van der Waals surface area contributed by atoms with Gasteiger partial charge in [0.25, 0.3) is 0 Å². The minimum atomic E-state index is -0.422. The van der Waals surface area contributed by atoms with Crippen LogP contribution in [0.5, 0.6) is 17.2 Å². The molecule has 23 heavy (non-hydrogen) atoms. The molecule has 0 aliphatic carbocycles. The molecule has 114 valence electrons. The number of aromatic hydroxyl groups is 2. The van der Waals surface area contributed by atoms with Crippen LogP contribution in [0.15, 0.2) is 46.8 Å². The van der Waals surface area contributed by atoms with Crippen LogP contribution >= 0.6 is 15.9 Å². The van der Waals surface area contributed by atoms with Crippen molar-refractivity contribution in [3.8, 4) is 17.2 Å². The summed E-state index contributed by atoms with van der Waals surface area (Å²) >= 11 is 3.44. The van der Waals surface area contributed by atoms with E-state index >= 15 is 0 Å². The van der Waals surface area contributed by atoms with E-state index in [1.165, 1.54) is 6.07 Å². The van der Waals surface area contributed by atoms with E-state index in [9.17, 15) is 15.0 Å². The van der Waals surface area contributed by atoms with E-state index in [0.717, 1.165) is 27.1 Å². The lowest BCUT2D eigenvalue weighted by Gasteiger charge is -2.00. The fraction of sp³-hybridized carbons (Fsp3) is 0. The van der Waals surface area contributed by atoms with Gasteiger partial charge in [0.15, 0.2) is 5.76 Å². The summed E-state index contributed by atoms with van der Waals surface area (Å²) in [4.78, 5) is 15.6. The Morgan fingerprint density at radius 2 is 1.96 bits per heavy atom. The molecule has 0 bridgehead atoms. The first kappa shape index (κ1) is 13.9. The van der Waals surface area contributed by atoms with Crippen molar-refractivity contribution in [3.63, 3.8) is 0 Å². The van der Waals surface area contributed by atoms with Gasteiger partial charge in [-0.15, -0.1) is 0 Å². The monoisotopic (exact) mass is 371 g/mol. The summed E-state index contributed by atoms with van der Waals surface area (Å²) in [6, 6.07) is 10.1. The van der Waals surface area contributed by atoms with Crippen LogP contribution in [0, 0.1) is 0 Å². The van der Waals surface area contributed by atoms with Crippen LogP contribution in [0.4, 0.5) is 0 Å². The molecule has 1 aromatic heterocycles. The molecular formula is C17H10BrNO4. The average molecular weight is 372 g/mol. The van der Waals surface area contributed by atoms with Crippen LogP contribution in [0.3, 0.4) is 0 Å². The van der Waals surface area contributed by atoms with Gasteiger partial charge in [-0.2, -0.15) is 0 Å². The van der Waals surface area contributed by atoms with E-state index in [1.807, 2.05) is 24.3 Å². The van der Waals surface area contributed by atoms with Gasteiger partial charge in [-0.05, 0) is 28.1 Å². The number of carbonyl (C=O) groups is 1. The summed E-state index contributed by atoms with van der Waals surface area (Å²) in [6.45, 7) is 0. The van der Waals surface area contributed by atoms with Crippen molar-refractivity contribution in [1.29, 1.82) is 0 Å². The summed E-state index contributed by atoms with van der Waals surface area (Å²) in [5, 5.41) is 20.3. The lowest BCUT2D eigenvalue weighted by atomic mass is 10.1. The maximum absolute atomic E-state index is 12.4. The fourth-order valence-corrected chi connectivity index (χ4v) is 3.22. The summed E-state index contributed by atoms with van der Waals surface area (Å²) in [5.41, 5.74) is 1.76. The number of hydrogen-bond acceptors (Lipinski definition) is 4. The first-order chi connectivity index (χ1) is 11.0. The number of hydrogen-bond donors (Lipinski definition) is 3. The van der Waals surface area contributed by atoms with Crippen molar-refractivity contribution < 1.29 is 19.7 Å². The topological polar surface area (TPSA) is 82.6 Å². The quantitative estimate of drug-likeness (QED) is 0.565. The number of rotatable bonds is 1. The average Bonchev–Trinajstić information content (AvgIpc) is 2.98. The molecule has 1 aliphatic heterocycles. The molecule has 5 nitrogen and oxygen atoms in total. The first-order valence-corrected chi connectivity index (χ1v) is 7.60. The van der Waals surface area contributed by atoms with Gasteiger partial charge in [-0.3, -0.25) is 4.79 Å². The van der Waals surface area contributed by atoms with Gasteiger partial charge in [0.05, 0.1) is 4.60 Å². The molecule has 0 amide bonds. The SMILES string of the molecule is O=C1/C(=C\c2c(Br)[nH]c3ccccc23)Oc2cc(O)cc(O)c21. The number of carbonyl (C=O) groups excluding carboxylic acids is 1. The summed E-state index contributed by atoms with van der Waals surface area (Å²) in [7, 11) is 0. The van der Waals surface area contributed by atoms with Crippen molar-refractivity contribution in [1.82, 2.24) is 4.98 Å². The summed E-state index contributed by atoms with van der Waals surface area (Å²) < 4.78 is 6.24. The van der Waals surface area contributed by atoms with Crippen LogP contribution in [-0.2, 0) is 0 Å². The highest BCUT2D eigenvalue weighted by atomic mass is 79.9. The van der Waals surface area contributed by atoms with Crippen molar-refractivity contribution in [2.45, 2.75) is 0 Å². The number of ether oxygens (including phenoxy) is 1. The zero-order chi connectivity index (χ0) is 16.1. The van der Waals surface area contributed by atoms with Gasteiger partial charge >= 0.3 is 0 Å². The first-order valence-electron chi connectivity index (χ1n) is 6.81. The number of para-hydroxylation sites is 1. The number of halogens is 1. The van der Waals surface area contributed by atoms with E-state index in [4.69, 9.17) is 4.74 Å². The number of ketones is 1. The minimum Gasteiger partial charge on any atom is -0.508 e. The Hall–Kier alpha value is -2.73. The van der Waals surface area contributed by atoms with Crippen LogP contribution in [0.1, 0.15) is 15.9 Å². The van der Waals surface area contributed by atoms with E-state index in [2.05, 4.69) is 20.9 Å². The third-order valence-electron chi connectivity index (χ3n) is 3.71. The number of fused-ring (bicyclic) bond motifs is 2. The number of aromatic nitrogens is 1. The smallest absolute Gasteiger partial charge is 0.235 e. The van der Waals surface area contributed by atoms with Crippen molar-refractivity contribution in [3.05, 3.63) is 57.9 Å². The van der Waals surface area contributed by atoms with Crippen molar-refractivity contribution >= 4 is 38.7 Å². The largest absolute Gasteiger partial charge is 0.508 e. The molecule has 0 saturated carbocycles. The molecule has 2 heterocycles. The Morgan fingerprint density at radius 3 is 2.78 bits per heavy atom. The maximum Gasteiger partial charge on any atom is 0.235 e. The number of aromatic amines is 1. The minimum absolute atomic E-state index is 0.0602. The van der Waals surface area contributed by atoms with Crippen LogP contribution in [-0.4, -0.2) is 21.0 Å². The lowest BCUT2D eigenvalue weighted by Crippen LogP contribution is -1.98. The molecule has 0 radical (unpaired) electrons. The van der Waals surface area contributed by atoms with E-state index in [-0.39, 0.29) is 28.6 Å². The predicted molar refractivity (Wildman–Crippen MR) is 88.7 cm³/mol. The molecule has 3 aromatic rings. The third-order valence-corrected chi connectivity index (χ3v) is 4.34. The predicted octanol–water partition coefficient (Wildman–Crippen LogP) is 3.96. The second-order valence-corrected chi connectivity index (χ2v) is 5.97. The van der Waals surface area contributed by atoms with E-state index < -0.39 is 5.78 Å². The highest BCUT2D eigenvalue weighted by Crippen LogP contribution is 2.41. The fourth-order valence-electron chi connectivity index (χ4n) is 2.68. The zero-order valence-electron chi connectivity index (χ0n) is 11.6. The third kappa shape index (κ3) is 2.10. The standard InChI is InChI=1S/C17H10BrNO4/c18-17-10(9-3-1-2-4-11(9)19-17)7-14-16(22)15-12(21)5-8(20)6-13(15)23-14/h1-7,19-21H/b14-7+. The molecule has 1 aliphatic rings. The maximum atomic E-state index is 12.4. The van der Waals surface area contributed by atoms with Gasteiger partial charge < -0.3 is 19.9 Å². The van der Waals surface area contributed by atoms with Gasteiger partial charge in [0.2, 0.25) is 5.78 Å². The molecule has 6 heteroatoms. The van der Waals surface area contributed by atoms with Gasteiger partial charge in [0, 0.05) is 28.6 Å². The molecule has 0 fully saturated rings. The number of phenolic OH excluding ortho intramolecular Hbond substituents is 2. The number of nitrogens with one attached hydrogen (secondary N) is 1. The molecular weight excluding hydrogens is 362 g/mol. The van der Waals surface area contributed by atoms with Crippen LogP contribution in [0.2, 0.25) is 0 Å². The number of H-pyrrole nitrogens is 1. The molecule has 0 atom stereocenters. The van der Waals surface area contributed by atoms with Crippen LogP contribution < -0.4 is 4.74 Å². The normalized spacial score (nSPS) is 15.2. The highest BCUT2D eigenvalue weighted by molar-refractivity contribution is 9.10. The molecule has 0 spiro atoms. The number of phenols is 2. The second-order valence-electron chi connectivity index (χ2n) is 5.18. The van der Waals surface area contributed by atoms with Gasteiger partial charge in [-0.1, -0.05) is 18.2 Å².